The van der Waals surface area contributed by atoms with Crippen LogP contribution < -0.4 is 0 Å². The van der Waals surface area contributed by atoms with Crippen LogP contribution in [0.15, 0.2) is 24.3 Å². The fourth-order valence-electron chi connectivity index (χ4n) is 1.95. The van der Waals surface area contributed by atoms with Gasteiger partial charge in [-0.1, -0.05) is 36.8 Å². The Morgan fingerprint density at radius 3 is 2.33 bits per heavy atom. The van der Waals surface area contributed by atoms with E-state index in [4.69, 9.17) is 9.05 Å². The van der Waals surface area contributed by atoms with Gasteiger partial charge in [0.05, 0.1) is 19.4 Å². The molecule has 1 aromatic carbocycles. The van der Waals surface area contributed by atoms with Crippen molar-refractivity contribution < 1.29 is 13.6 Å². The van der Waals surface area contributed by atoms with E-state index in [9.17, 15) is 4.57 Å². The van der Waals surface area contributed by atoms with Gasteiger partial charge in [-0.3, -0.25) is 4.57 Å². The van der Waals surface area contributed by atoms with Crippen LogP contribution in [0.4, 0.5) is 0 Å². The smallest absolute Gasteiger partial charge is 0.309 e. The molecule has 0 fully saturated rings. The molecule has 0 heterocycles. The summed E-state index contributed by atoms with van der Waals surface area (Å²) in [4.78, 5) is 0. The topological polar surface area (TPSA) is 35.5 Å². The molecule has 0 spiro atoms. The second-order valence-corrected chi connectivity index (χ2v) is 6.55. The molecule has 1 atom stereocenters. The number of aryl methyl sites for hydroxylation is 1. The van der Waals surface area contributed by atoms with Crippen LogP contribution >= 0.6 is 7.60 Å². The minimum absolute atomic E-state index is 0.161. The van der Waals surface area contributed by atoms with E-state index in [2.05, 4.69) is 32.0 Å². The first-order valence-electron chi connectivity index (χ1n) is 6.45. The molecule has 0 aliphatic carbocycles. The van der Waals surface area contributed by atoms with Crippen molar-refractivity contribution in [3.63, 3.8) is 0 Å². The summed E-state index contributed by atoms with van der Waals surface area (Å²) in [5, 5.41) is 0. The van der Waals surface area contributed by atoms with E-state index in [0.717, 1.165) is 0 Å². The fraction of sp³-hybridized carbons (Fsp3) is 0.571. The summed E-state index contributed by atoms with van der Waals surface area (Å²) in [5.41, 5.74) is 2.39. The van der Waals surface area contributed by atoms with Gasteiger partial charge in [0.15, 0.2) is 0 Å². The standard InChI is InChI=1S/C14H23O3P/c1-5-16-18(15,17-6-2)11-13(4)14-9-7-8-12(3)10-14/h7-10,13H,5-6,11H2,1-4H3. The second-order valence-electron chi connectivity index (χ2n) is 4.44. The molecule has 0 aliphatic rings. The van der Waals surface area contributed by atoms with Crippen LogP contribution in [0.3, 0.4) is 0 Å². The van der Waals surface area contributed by atoms with Crippen molar-refractivity contribution in [3.05, 3.63) is 35.4 Å². The summed E-state index contributed by atoms with van der Waals surface area (Å²) in [5.74, 6) is 0.161. The third-order valence-corrected chi connectivity index (χ3v) is 5.06. The third kappa shape index (κ3) is 4.56. The summed E-state index contributed by atoms with van der Waals surface area (Å²) >= 11 is 0. The summed E-state index contributed by atoms with van der Waals surface area (Å²) in [7, 11) is -2.96. The zero-order valence-corrected chi connectivity index (χ0v) is 12.6. The van der Waals surface area contributed by atoms with E-state index in [-0.39, 0.29) is 5.92 Å². The van der Waals surface area contributed by atoms with Crippen molar-refractivity contribution in [2.45, 2.75) is 33.6 Å². The Hall–Kier alpha value is -0.630. The second kappa shape index (κ2) is 7.08. The van der Waals surface area contributed by atoms with Gasteiger partial charge in [-0.05, 0) is 32.3 Å². The Kier molecular flexibility index (Phi) is 6.07. The Bertz CT molecular complexity index is 407. The minimum Gasteiger partial charge on any atom is -0.309 e. The Balaban J connectivity index is 2.78. The average Bonchev–Trinajstić information content (AvgIpc) is 2.29. The van der Waals surface area contributed by atoms with Crippen LogP contribution in [0.25, 0.3) is 0 Å². The molecule has 0 saturated heterocycles. The van der Waals surface area contributed by atoms with Crippen LogP contribution in [0.1, 0.15) is 37.8 Å². The molecule has 1 aromatic rings. The molecule has 102 valence electrons. The van der Waals surface area contributed by atoms with Gasteiger partial charge in [-0.2, -0.15) is 0 Å². The van der Waals surface area contributed by atoms with E-state index in [1.54, 1.807) is 0 Å². The zero-order chi connectivity index (χ0) is 13.6. The van der Waals surface area contributed by atoms with Gasteiger partial charge in [0.2, 0.25) is 0 Å². The molecule has 1 rings (SSSR count). The summed E-state index contributed by atoms with van der Waals surface area (Å²) in [6.45, 7) is 8.61. The van der Waals surface area contributed by atoms with Crippen molar-refractivity contribution >= 4 is 7.60 Å². The third-order valence-electron chi connectivity index (χ3n) is 2.76. The van der Waals surface area contributed by atoms with Crippen molar-refractivity contribution in [1.82, 2.24) is 0 Å². The predicted octanol–water partition coefficient (Wildman–Crippen LogP) is 4.36. The summed E-state index contributed by atoms with van der Waals surface area (Å²) in [6, 6.07) is 8.25. The van der Waals surface area contributed by atoms with Crippen LogP contribution in [0.5, 0.6) is 0 Å². The normalized spacial score (nSPS) is 13.6. The van der Waals surface area contributed by atoms with E-state index in [1.807, 2.05) is 19.9 Å². The van der Waals surface area contributed by atoms with Gasteiger partial charge in [-0.25, -0.2) is 0 Å². The van der Waals surface area contributed by atoms with Gasteiger partial charge in [0, 0.05) is 0 Å². The zero-order valence-electron chi connectivity index (χ0n) is 11.7. The number of hydrogen-bond acceptors (Lipinski definition) is 3. The number of rotatable bonds is 7. The number of benzene rings is 1. The molecule has 18 heavy (non-hydrogen) atoms. The van der Waals surface area contributed by atoms with E-state index < -0.39 is 7.60 Å². The summed E-state index contributed by atoms with van der Waals surface area (Å²) in [6.07, 6.45) is 0.429. The first-order chi connectivity index (χ1) is 8.50. The Labute approximate surface area is 110 Å². The Morgan fingerprint density at radius 2 is 1.83 bits per heavy atom. The minimum atomic E-state index is -2.96. The highest BCUT2D eigenvalue weighted by atomic mass is 31.2. The predicted molar refractivity (Wildman–Crippen MR) is 75.3 cm³/mol. The van der Waals surface area contributed by atoms with Crippen LogP contribution in [-0.4, -0.2) is 19.4 Å². The van der Waals surface area contributed by atoms with Crippen molar-refractivity contribution in [2.75, 3.05) is 19.4 Å². The van der Waals surface area contributed by atoms with E-state index >= 15 is 0 Å². The molecule has 4 heteroatoms. The average molecular weight is 270 g/mol. The highest BCUT2D eigenvalue weighted by Gasteiger charge is 2.27. The maximum absolute atomic E-state index is 12.4. The van der Waals surface area contributed by atoms with Gasteiger partial charge in [0.1, 0.15) is 0 Å². The quantitative estimate of drug-likeness (QED) is 0.690. The van der Waals surface area contributed by atoms with Gasteiger partial charge in [0.25, 0.3) is 0 Å². The molecule has 1 unspecified atom stereocenters. The largest absolute Gasteiger partial charge is 0.331 e. The maximum atomic E-state index is 12.4. The SMILES string of the molecule is CCOP(=O)(CC(C)c1cccc(C)c1)OCC. The molecule has 0 bridgehead atoms. The number of hydrogen-bond donors (Lipinski definition) is 0. The lowest BCUT2D eigenvalue weighted by atomic mass is 10.0. The van der Waals surface area contributed by atoms with Crippen molar-refractivity contribution in [3.8, 4) is 0 Å². The van der Waals surface area contributed by atoms with Crippen LogP contribution in [0, 0.1) is 6.92 Å². The monoisotopic (exact) mass is 270 g/mol. The van der Waals surface area contributed by atoms with Crippen LogP contribution in [-0.2, 0) is 13.6 Å². The van der Waals surface area contributed by atoms with Gasteiger partial charge < -0.3 is 9.05 Å². The van der Waals surface area contributed by atoms with Crippen LogP contribution in [0.2, 0.25) is 0 Å². The van der Waals surface area contributed by atoms with Crippen molar-refractivity contribution in [1.29, 1.82) is 0 Å². The first-order valence-corrected chi connectivity index (χ1v) is 8.18. The molecular formula is C14H23O3P. The lowest BCUT2D eigenvalue weighted by Crippen LogP contribution is -2.06. The Morgan fingerprint density at radius 1 is 1.22 bits per heavy atom. The molecule has 0 amide bonds. The lowest BCUT2D eigenvalue weighted by molar-refractivity contribution is 0.219. The molecule has 0 aliphatic heterocycles. The van der Waals surface area contributed by atoms with Gasteiger partial charge in [-0.15, -0.1) is 0 Å². The summed E-state index contributed by atoms with van der Waals surface area (Å²) < 4.78 is 23.1. The molecule has 3 nitrogen and oxygen atoms in total. The van der Waals surface area contributed by atoms with E-state index in [0.29, 0.717) is 19.4 Å². The molecule has 0 N–H and O–H groups in total. The molecule has 0 radical (unpaired) electrons. The lowest BCUT2D eigenvalue weighted by Gasteiger charge is -2.21. The first kappa shape index (κ1) is 15.4. The molecule has 0 aromatic heterocycles. The highest BCUT2D eigenvalue weighted by molar-refractivity contribution is 7.53. The van der Waals surface area contributed by atoms with Crippen molar-refractivity contribution in [2.24, 2.45) is 0 Å². The maximum Gasteiger partial charge on any atom is 0.331 e. The van der Waals surface area contributed by atoms with Gasteiger partial charge >= 0.3 is 7.60 Å². The molecule has 0 saturated carbocycles. The highest BCUT2D eigenvalue weighted by Crippen LogP contribution is 2.51. The molecular weight excluding hydrogens is 247 g/mol. The van der Waals surface area contributed by atoms with E-state index in [1.165, 1.54) is 11.1 Å². The fourth-order valence-corrected chi connectivity index (χ4v) is 3.91.